The van der Waals surface area contributed by atoms with Crippen molar-refractivity contribution in [1.29, 1.82) is 0 Å². The number of carbonyl (C=O) groups excluding carboxylic acids is 2. The summed E-state index contributed by atoms with van der Waals surface area (Å²) in [7, 11) is -2.43. The Hall–Kier alpha value is -3.85. The number of nitrogens with one attached hydrogen (secondary N) is 2. The fourth-order valence-electron chi connectivity index (χ4n) is 3.10. The van der Waals surface area contributed by atoms with E-state index < -0.39 is 28.5 Å². The summed E-state index contributed by atoms with van der Waals surface area (Å²) in [5.74, 6) is -0.555. The molecular formula is C25H26N2O6S. The lowest BCUT2D eigenvalue weighted by Crippen LogP contribution is -2.31. The molecule has 0 heterocycles. The van der Waals surface area contributed by atoms with Crippen LogP contribution in [0, 0.1) is 0 Å². The van der Waals surface area contributed by atoms with Crippen LogP contribution in [0.2, 0.25) is 0 Å². The first-order valence-corrected chi connectivity index (χ1v) is 12.0. The number of hydrogen-bond donors (Lipinski definition) is 2. The van der Waals surface area contributed by atoms with Gasteiger partial charge in [0, 0.05) is 12.2 Å². The third-order valence-corrected chi connectivity index (χ3v) is 6.41. The van der Waals surface area contributed by atoms with Gasteiger partial charge in [0.25, 0.3) is 15.9 Å². The highest BCUT2D eigenvalue weighted by molar-refractivity contribution is 7.92. The summed E-state index contributed by atoms with van der Waals surface area (Å²) in [6, 6.07) is 21.5. The Labute approximate surface area is 199 Å². The molecule has 0 aliphatic rings. The van der Waals surface area contributed by atoms with Crippen LogP contribution in [0.3, 0.4) is 0 Å². The van der Waals surface area contributed by atoms with E-state index in [1.54, 1.807) is 24.3 Å². The van der Waals surface area contributed by atoms with Gasteiger partial charge in [-0.2, -0.15) is 0 Å². The molecule has 3 aromatic carbocycles. The van der Waals surface area contributed by atoms with Crippen LogP contribution in [-0.2, 0) is 19.6 Å². The van der Waals surface area contributed by atoms with E-state index in [4.69, 9.17) is 9.47 Å². The van der Waals surface area contributed by atoms with Crippen molar-refractivity contribution in [2.75, 3.05) is 25.0 Å². The number of amides is 1. The first-order valence-electron chi connectivity index (χ1n) is 10.5. The van der Waals surface area contributed by atoms with Crippen LogP contribution in [0.25, 0.3) is 0 Å². The molecule has 34 heavy (non-hydrogen) atoms. The first-order chi connectivity index (χ1) is 16.3. The number of benzene rings is 3. The number of rotatable bonds is 10. The quantitative estimate of drug-likeness (QED) is 0.428. The third kappa shape index (κ3) is 6.82. The van der Waals surface area contributed by atoms with Gasteiger partial charge in [0.05, 0.1) is 17.6 Å². The molecule has 9 heteroatoms. The lowest BCUT2D eigenvalue weighted by Gasteiger charge is -2.13. The van der Waals surface area contributed by atoms with Crippen molar-refractivity contribution in [3.8, 4) is 5.75 Å². The summed E-state index contributed by atoms with van der Waals surface area (Å²) in [6.07, 6.45) is 0. The van der Waals surface area contributed by atoms with Crippen LogP contribution in [-0.4, -0.2) is 40.6 Å². The molecule has 0 spiro atoms. The van der Waals surface area contributed by atoms with Gasteiger partial charge in [-0.3, -0.25) is 9.52 Å². The molecule has 0 unspecified atom stereocenters. The Kier molecular flexibility index (Phi) is 8.26. The highest BCUT2D eigenvalue weighted by atomic mass is 32.2. The highest BCUT2D eigenvalue weighted by Gasteiger charge is 2.18. The minimum absolute atomic E-state index is 0.0167. The zero-order valence-electron chi connectivity index (χ0n) is 18.9. The molecular weight excluding hydrogens is 456 g/mol. The molecule has 0 aliphatic heterocycles. The molecule has 178 valence electrons. The van der Waals surface area contributed by atoms with Gasteiger partial charge >= 0.3 is 5.97 Å². The maximum Gasteiger partial charge on any atom is 0.338 e. The number of hydrogen-bond acceptors (Lipinski definition) is 6. The zero-order valence-corrected chi connectivity index (χ0v) is 19.7. The number of esters is 1. The second-order valence-corrected chi connectivity index (χ2v) is 9.24. The van der Waals surface area contributed by atoms with E-state index in [0.717, 1.165) is 5.56 Å². The van der Waals surface area contributed by atoms with Crippen molar-refractivity contribution in [2.45, 2.75) is 17.7 Å². The van der Waals surface area contributed by atoms with E-state index in [1.807, 2.05) is 37.3 Å². The predicted molar refractivity (Wildman–Crippen MR) is 128 cm³/mol. The molecule has 3 rings (SSSR count). The zero-order chi connectivity index (χ0) is 24.6. The van der Waals surface area contributed by atoms with Crippen LogP contribution < -0.4 is 14.8 Å². The van der Waals surface area contributed by atoms with Gasteiger partial charge < -0.3 is 14.8 Å². The smallest absolute Gasteiger partial charge is 0.338 e. The molecule has 1 atom stereocenters. The van der Waals surface area contributed by atoms with Crippen molar-refractivity contribution in [2.24, 2.45) is 0 Å². The third-order valence-electron chi connectivity index (χ3n) is 5.03. The average Bonchev–Trinajstić information content (AvgIpc) is 2.86. The lowest BCUT2D eigenvalue weighted by molar-refractivity contribution is -0.124. The van der Waals surface area contributed by atoms with Crippen molar-refractivity contribution < 1.29 is 27.5 Å². The summed E-state index contributed by atoms with van der Waals surface area (Å²) in [6.45, 7) is 1.90. The molecule has 1 amide bonds. The Balaban J connectivity index is 1.55. The normalized spacial score (nSPS) is 11.8. The van der Waals surface area contributed by atoms with E-state index in [-0.39, 0.29) is 16.4 Å². The Morgan fingerprint density at radius 2 is 1.65 bits per heavy atom. The average molecular weight is 483 g/mol. The van der Waals surface area contributed by atoms with Crippen molar-refractivity contribution in [3.05, 3.63) is 90.0 Å². The van der Waals surface area contributed by atoms with E-state index in [1.165, 1.54) is 31.4 Å². The number of anilines is 1. The monoisotopic (exact) mass is 482 g/mol. The highest BCUT2D eigenvalue weighted by Crippen LogP contribution is 2.20. The molecule has 0 aliphatic carbocycles. The van der Waals surface area contributed by atoms with E-state index >= 15 is 0 Å². The Morgan fingerprint density at radius 3 is 2.32 bits per heavy atom. The maximum absolute atomic E-state index is 12.7. The Bertz CT molecular complexity index is 1230. The van der Waals surface area contributed by atoms with Gasteiger partial charge in [0.2, 0.25) is 0 Å². The minimum atomic E-state index is -3.94. The summed E-state index contributed by atoms with van der Waals surface area (Å²) < 4.78 is 38.0. The molecule has 0 fully saturated rings. The standard InChI is InChI=1S/C25H26N2O6S/c1-18(19-7-4-3-5-8-19)16-26-24(28)17-33-25(29)20-9-6-10-23(15-20)34(30,31)27-21-11-13-22(32-2)14-12-21/h3-15,18,27H,16-17H2,1-2H3,(H,26,28)/t18-/m0/s1. The van der Waals surface area contributed by atoms with Gasteiger partial charge in [-0.15, -0.1) is 0 Å². The molecule has 8 nitrogen and oxygen atoms in total. The molecule has 0 saturated heterocycles. The second-order valence-electron chi connectivity index (χ2n) is 7.55. The number of methoxy groups -OCH3 is 1. The van der Waals surface area contributed by atoms with Crippen LogP contribution in [0.5, 0.6) is 5.75 Å². The first kappa shape index (κ1) is 24.8. The largest absolute Gasteiger partial charge is 0.497 e. The SMILES string of the molecule is COc1ccc(NS(=O)(=O)c2cccc(C(=O)OCC(=O)NC[C@H](C)c3ccccc3)c2)cc1. The minimum Gasteiger partial charge on any atom is -0.497 e. The van der Waals surface area contributed by atoms with Gasteiger partial charge in [0.15, 0.2) is 6.61 Å². The van der Waals surface area contributed by atoms with Gasteiger partial charge in [0.1, 0.15) is 5.75 Å². The number of sulfonamides is 1. The van der Waals surface area contributed by atoms with Crippen LogP contribution in [0.1, 0.15) is 28.8 Å². The lowest BCUT2D eigenvalue weighted by atomic mass is 10.0. The molecule has 2 N–H and O–H groups in total. The van der Waals surface area contributed by atoms with Gasteiger partial charge in [-0.1, -0.05) is 43.3 Å². The summed E-state index contributed by atoms with van der Waals surface area (Å²) in [4.78, 5) is 24.4. The second kappa shape index (κ2) is 11.3. The Morgan fingerprint density at radius 1 is 0.941 bits per heavy atom. The predicted octanol–water partition coefficient (Wildman–Crippen LogP) is 3.57. The van der Waals surface area contributed by atoms with Gasteiger partial charge in [-0.05, 0) is 53.9 Å². The van der Waals surface area contributed by atoms with E-state index in [9.17, 15) is 18.0 Å². The van der Waals surface area contributed by atoms with Crippen molar-refractivity contribution in [1.82, 2.24) is 5.32 Å². The fourth-order valence-corrected chi connectivity index (χ4v) is 4.20. The summed E-state index contributed by atoms with van der Waals surface area (Å²) >= 11 is 0. The van der Waals surface area contributed by atoms with E-state index in [2.05, 4.69) is 10.0 Å². The maximum atomic E-state index is 12.7. The van der Waals surface area contributed by atoms with Gasteiger partial charge in [-0.25, -0.2) is 13.2 Å². The van der Waals surface area contributed by atoms with Crippen molar-refractivity contribution >= 4 is 27.6 Å². The number of ether oxygens (including phenoxy) is 2. The fraction of sp³-hybridized carbons (Fsp3) is 0.200. The molecule has 0 bridgehead atoms. The van der Waals surface area contributed by atoms with E-state index in [0.29, 0.717) is 18.0 Å². The van der Waals surface area contributed by atoms with Crippen LogP contribution >= 0.6 is 0 Å². The topological polar surface area (TPSA) is 111 Å². The molecule has 3 aromatic rings. The molecule has 0 radical (unpaired) electrons. The van der Waals surface area contributed by atoms with Crippen LogP contribution in [0.15, 0.2) is 83.8 Å². The molecule has 0 saturated carbocycles. The number of carbonyl (C=O) groups is 2. The molecule has 0 aromatic heterocycles. The van der Waals surface area contributed by atoms with Crippen molar-refractivity contribution in [3.63, 3.8) is 0 Å². The summed E-state index contributed by atoms with van der Waals surface area (Å²) in [5.41, 5.74) is 1.44. The summed E-state index contributed by atoms with van der Waals surface area (Å²) in [5, 5.41) is 2.73. The van der Waals surface area contributed by atoms with Crippen LogP contribution in [0.4, 0.5) is 5.69 Å².